The second-order valence-electron chi connectivity index (χ2n) is 17.4. The second-order valence-corrected chi connectivity index (χ2v) is 18.8. The first-order chi connectivity index (χ1) is 30.3. The Balaban J connectivity index is 3.99. The zero-order valence-electron chi connectivity index (χ0n) is 40.4. The minimum absolute atomic E-state index is 0.0513. The Morgan fingerprint density at radius 1 is 0.484 bits per heavy atom. The number of esters is 2. The van der Waals surface area contributed by atoms with Crippen LogP contribution in [0.3, 0.4) is 0 Å². The van der Waals surface area contributed by atoms with Gasteiger partial charge in [-0.05, 0) is 70.6 Å². The molecule has 0 rings (SSSR count). The Morgan fingerprint density at radius 2 is 0.839 bits per heavy atom. The van der Waals surface area contributed by atoms with Gasteiger partial charge in [-0.1, -0.05) is 204 Å². The van der Waals surface area contributed by atoms with Gasteiger partial charge in [-0.3, -0.25) is 18.6 Å². The number of ether oxygens (including phenoxy) is 2. The number of phosphoric ester groups is 1. The van der Waals surface area contributed by atoms with Crippen molar-refractivity contribution in [3.63, 3.8) is 0 Å². The van der Waals surface area contributed by atoms with Crippen LogP contribution in [0, 0.1) is 0 Å². The lowest BCUT2D eigenvalue weighted by molar-refractivity contribution is -0.161. The number of allylic oxidation sites excluding steroid dienone is 6. The lowest BCUT2D eigenvalue weighted by Crippen LogP contribution is -2.29. The van der Waals surface area contributed by atoms with Gasteiger partial charge in [0.05, 0.1) is 13.2 Å². The quantitative estimate of drug-likeness (QED) is 0.0265. The highest BCUT2D eigenvalue weighted by molar-refractivity contribution is 7.47. The van der Waals surface area contributed by atoms with E-state index in [1.54, 1.807) is 0 Å². The van der Waals surface area contributed by atoms with Crippen LogP contribution in [0.4, 0.5) is 0 Å². The Kier molecular flexibility index (Phi) is 47.3. The lowest BCUT2D eigenvalue weighted by atomic mass is 10.0. The molecule has 3 N–H and O–H groups in total. The molecule has 0 saturated heterocycles. The highest BCUT2D eigenvalue weighted by Crippen LogP contribution is 2.43. The average molecular weight is 896 g/mol. The first-order valence-electron chi connectivity index (χ1n) is 26.0. The Bertz CT molecular complexity index is 1110. The molecule has 62 heavy (non-hydrogen) atoms. The van der Waals surface area contributed by atoms with Crippen molar-refractivity contribution < 1.29 is 37.6 Å². The van der Waals surface area contributed by atoms with E-state index in [0.29, 0.717) is 6.42 Å². The fourth-order valence-electron chi connectivity index (χ4n) is 7.37. The van der Waals surface area contributed by atoms with Gasteiger partial charge >= 0.3 is 19.8 Å². The van der Waals surface area contributed by atoms with Gasteiger partial charge in [-0.2, -0.15) is 0 Å². The number of unbranched alkanes of at least 4 members (excludes halogenated alkanes) is 30. The molecule has 364 valence electrons. The summed E-state index contributed by atoms with van der Waals surface area (Å²) in [5.41, 5.74) is 5.36. The van der Waals surface area contributed by atoms with E-state index in [-0.39, 0.29) is 38.6 Å². The van der Waals surface area contributed by atoms with E-state index < -0.39 is 26.5 Å². The molecule has 10 heteroatoms. The minimum Gasteiger partial charge on any atom is -0.462 e. The SMILES string of the molecule is CCCCCC/C=C\C/C=C\CCCCCCCC(=O)OC(COC(=O)CCCCCCCCCCCCCCC/C=C\CCCCCCCCCC)COP(=O)(O)OCCN. The third kappa shape index (κ3) is 47.7. The third-order valence-corrected chi connectivity index (χ3v) is 12.2. The predicted octanol–water partition coefficient (Wildman–Crippen LogP) is 15.7. The van der Waals surface area contributed by atoms with Crippen LogP contribution < -0.4 is 5.73 Å². The summed E-state index contributed by atoms with van der Waals surface area (Å²) in [7, 11) is -4.38. The van der Waals surface area contributed by atoms with Crippen LogP contribution in [0.15, 0.2) is 36.5 Å². The standard InChI is InChI=1S/C52H98NO8P/c1-3-5-7-9-11-13-15-17-19-21-22-23-24-25-26-27-28-29-31-32-34-36-38-40-42-44-51(54)58-48-50(49-60-62(56,57)59-47-46-53)61-52(55)45-43-41-39-37-35-33-30-20-18-16-14-12-10-8-6-4-2/h14,16,20-22,30,50H,3-13,15,17-19,23-29,31-49,53H2,1-2H3,(H,56,57)/b16-14-,22-21-,30-20-. The number of phosphoric acid groups is 1. The average Bonchev–Trinajstić information content (AvgIpc) is 3.26. The molecule has 0 fully saturated rings. The van der Waals surface area contributed by atoms with Gasteiger partial charge in [0.2, 0.25) is 0 Å². The van der Waals surface area contributed by atoms with Crippen molar-refractivity contribution in [1.29, 1.82) is 0 Å². The van der Waals surface area contributed by atoms with Gasteiger partial charge in [-0.15, -0.1) is 0 Å². The number of carbonyl (C=O) groups excluding carboxylic acids is 2. The Morgan fingerprint density at radius 3 is 1.26 bits per heavy atom. The van der Waals surface area contributed by atoms with Gasteiger partial charge in [0.1, 0.15) is 6.61 Å². The summed E-state index contributed by atoms with van der Waals surface area (Å²) in [6.45, 7) is 3.73. The second kappa shape index (κ2) is 48.7. The summed E-state index contributed by atoms with van der Waals surface area (Å²) >= 11 is 0. The first kappa shape index (κ1) is 60.2. The Hall–Kier alpha value is -1.77. The molecule has 9 nitrogen and oxygen atoms in total. The maximum Gasteiger partial charge on any atom is 0.472 e. The van der Waals surface area contributed by atoms with Crippen LogP contribution in [-0.4, -0.2) is 49.3 Å². The third-order valence-electron chi connectivity index (χ3n) is 11.2. The van der Waals surface area contributed by atoms with Crippen LogP contribution in [0.2, 0.25) is 0 Å². The molecule has 0 spiro atoms. The van der Waals surface area contributed by atoms with Crippen LogP contribution in [0.5, 0.6) is 0 Å². The highest BCUT2D eigenvalue weighted by atomic mass is 31.2. The van der Waals surface area contributed by atoms with Crippen molar-refractivity contribution in [2.45, 2.75) is 258 Å². The van der Waals surface area contributed by atoms with E-state index in [0.717, 1.165) is 57.8 Å². The van der Waals surface area contributed by atoms with Crippen molar-refractivity contribution >= 4 is 19.8 Å². The normalized spacial score (nSPS) is 13.4. The topological polar surface area (TPSA) is 134 Å². The summed E-state index contributed by atoms with van der Waals surface area (Å²) in [6, 6.07) is 0. The van der Waals surface area contributed by atoms with E-state index in [2.05, 4.69) is 50.3 Å². The van der Waals surface area contributed by atoms with Crippen LogP contribution in [0.1, 0.15) is 251 Å². The van der Waals surface area contributed by atoms with Crippen molar-refractivity contribution in [2.24, 2.45) is 5.73 Å². The summed E-state index contributed by atoms with van der Waals surface area (Å²) in [4.78, 5) is 35.0. The van der Waals surface area contributed by atoms with Gasteiger partial charge in [0.25, 0.3) is 0 Å². The maximum absolute atomic E-state index is 12.6. The fourth-order valence-corrected chi connectivity index (χ4v) is 8.13. The molecule has 0 radical (unpaired) electrons. The van der Waals surface area contributed by atoms with E-state index in [4.69, 9.17) is 24.3 Å². The first-order valence-corrected chi connectivity index (χ1v) is 27.5. The zero-order valence-corrected chi connectivity index (χ0v) is 41.3. The largest absolute Gasteiger partial charge is 0.472 e. The smallest absolute Gasteiger partial charge is 0.462 e. The van der Waals surface area contributed by atoms with Gasteiger partial charge in [-0.25, -0.2) is 4.57 Å². The summed E-state index contributed by atoms with van der Waals surface area (Å²) < 4.78 is 32.9. The van der Waals surface area contributed by atoms with E-state index in [1.165, 1.54) is 161 Å². The Labute approximate surface area is 382 Å². The zero-order chi connectivity index (χ0) is 45.3. The molecule has 0 aliphatic rings. The van der Waals surface area contributed by atoms with E-state index in [1.807, 2.05) is 0 Å². The maximum atomic E-state index is 12.6. The molecule has 0 aromatic heterocycles. The van der Waals surface area contributed by atoms with Gasteiger partial charge < -0.3 is 20.1 Å². The van der Waals surface area contributed by atoms with Crippen LogP contribution >= 0.6 is 7.82 Å². The summed E-state index contributed by atoms with van der Waals surface area (Å²) in [5.74, 6) is -0.836. The van der Waals surface area contributed by atoms with Crippen molar-refractivity contribution in [1.82, 2.24) is 0 Å². The van der Waals surface area contributed by atoms with E-state index in [9.17, 15) is 19.0 Å². The number of hydrogen-bond acceptors (Lipinski definition) is 8. The lowest BCUT2D eigenvalue weighted by Gasteiger charge is -2.19. The molecule has 0 saturated carbocycles. The van der Waals surface area contributed by atoms with Crippen molar-refractivity contribution in [3.8, 4) is 0 Å². The number of carbonyl (C=O) groups is 2. The summed E-state index contributed by atoms with van der Waals surface area (Å²) in [5, 5.41) is 0. The number of nitrogens with two attached hydrogens (primary N) is 1. The van der Waals surface area contributed by atoms with Gasteiger partial charge in [0.15, 0.2) is 6.10 Å². The molecule has 2 atom stereocenters. The predicted molar refractivity (Wildman–Crippen MR) is 261 cm³/mol. The number of rotatable bonds is 49. The van der Waals surface area contributed by atoms with Crippen LogP contribution in [0.25, 0.3) is 0 Å². The molecule has 0 aromatic carbocycles. The molecule has 0 aromatic rings. The van der Waals surface area contributed by atoms with Crippen molar-refractivity contribution in [2.75, 3.05) is 26.4 Å². The van der Waals surface area contributed by atoms with Crippen molar-refractivity contribution in [3.05, 3.63) is 36.5 Å². The van der Waals surface area contributed by atoms with Crippen LogP contribution in [-0.2, 0) is 32.7 Å². The molecule has 0 aliphatic heterocycles. The monoisotopic (exact) mass is 896 g/mol. The molecule has 0 aliphatic carbocycles. The van der Waals surface area contributed by atoms with E-state index >= 15 is 0 Å². The fraction of sp³-hybridized carbons (Fsp3) is 0.846. The molecule has 0 bridgehead atoms. The highest BCUT2D eigenvalue weighted by Gasteiger charge is 2.26. The minimum atomic E-state index is -4.38. The number of hydrogen-bond donors (Lipinski definition) is 2. The summed E-state index contributed by atoms with van der Waals surface area (Å²) in [6.07, 6.45) is 56.2. The molecule has 0 heterocycles. The molecule has 0 amide bonds. The molecule has 2 unspecified atom stereocenters. The van der Waals surface area contributed by atoms with Gasteiger partial charge in [0, 0.05) is 19.4 Å². The molecular weight excluding hydrogens is 798 g/mol. The molecular formula is C52H98NO8P.